The minimum atomic E-state index is -0.356. The average Bonchev–Trinajstić information content (AvgIpc) is 2.68. The summed E-state index contributed by atoms with van der Waals surface area (Å²) in [5, 5.41) is 0.447. The highest BCUT2D eigenvalue weighted by atomic mass is 79.9. The van der Waals surface area contributed by atoms with E-state index in [1.54, 1.807) is 11.8 Å². The summed E-state index contributed by atoms with van der Waals surface area (Å²) >= 11 is 6.37. The van der Waals surface area contributed by atoms with Crippen molar-refractivity contribution in [1.82, 2.24) is 9.55 Å². The van der Waals surface area contributed by atoms with Crippen molar-refractivity contribution in [2.75, 3.05) is 12.5 Å². The van der Waals surface area contributed by atoms with Crippen LogP contribution in [0.15, 0.2) is 67.7 Å². The lowest BCUT2D eigenvalue weighted by atomic mass is 10.2. The molecule has 0 saturated heterocycles. The van der Waals surface area contributed by atoms with Crippen LogP contribution in [-0.2, 0) is 0 Å². The zero-order valence-corrected chi connectivity index (χ0v) is 17.3. The van der Waals surface area contributed by atoms with Gasteiger partial charge in [0.25, 0.3) is 11.2 Å². The van der Waals surface area contributed by atoms with Gasteiger partial charge in [-0.3, -0.25) is 9.36 Å². The molecular weight excluding hydrogens is 430 g/mol. The molecule has 1 heterocycles. The zero-order chi connectivity index (χ0) is 18.7. The minimum absolute atomic E-state index is 0.0462. The van der Waals surface area contributed by atoms with E-state index in [4.69, 9.17) is 6.57 Å². The van der Waals surface area contributed by atoms with Crippen LogP contribution in [-0.4, -0.2) is 22.1 Å². The summed E-state index contributed by atoms with van der Waals surface area (Å²) < 4.78 is 2.42. The van der Waals surface area contributed by atoms with Crippen molar-refractivity contribution in [3.05, 3.63) is 74.8 Å². The van der Waals surface area contributed by atoms with Gasteiger partial charge in [-0.1, -0.05) is 28.1 Å². The van der Waals surface area contributed by atoms with Crippen molar-refractivity contribution >= 4 is 45.1 Å². The first kappa shape index (κ1) is 18.8. The minimum Gasteiger partial charge on any atom is -0.282 e. The van der Waals surface area contributed by atoms with Gasteiger partial charge < -0.3 is 0 Å². The van der Waals surface area contributed by atoms with E-state index in [1.165, 1.54) is 16.3 Å². The van der Waals surface area contributed by atoms with Crippen molar-refractivity contribution in [3.63, 3.8) is 0 Å². The molecule has 0 saturated carbocycles. The quantitative estimate of drug-likeness (QED) is 0.296. The summed E-state index contributed by atoms with van der Waals surface area (Å²) in [7, 11) is 0. The summed E-state index contributed by atoms with van der Waals surface area (Å²) in [4.78, 5) is 22.3. The lowest BCUT2D eigenvalue weighted by Gasteiger charge is -2.15. The second-order valence-electron chi connectivity index (χ2n) is 5.25. The Labute approximate surface area is 168 Å². The Morgan fingerprint density at radius 1 is 1.04 bits per heavy atom. The molecule has 0 aliphatic heterocycles. The number of hydrogen-bond donors (Lipinski definition) is 0. The number of aromatic nitrogens is 2. The molecule has 130 valence electrons. The lowest BCUT2D eigenvalue weighted by Crippen LogP contribution is -2.22. The number of halogens is 1. The summed E-state index contributed by atoms with van der Waals surface area (Å²) in [6.07, 6.45) is 3.84. The Hall–Kier alpha value is -2.01. The van der Waals surface area contributed by atoms with Gasteiger partial charge in [0, 0.05) is 20.6 Å². The fraction of sp³-hybridized carbons (Fsp3) is 0.105. The van der Waals surface area contributed by atoms with Crippen molar-refractivity contribution in [3.8, 4) is 17.1 Å². The summed E-state index contributed by atoms with van der Waals surface area (Å²) in [6.45, 7) is 7.40. The van der Waals surface area contributed by atoms with Crippen LogP contribution >= 0.6 is 39.5 Å². The Morgan fingerprint density at radius 3 is 2.23 bits per heavy atom. The van der Waals surface area contributed by atoms with Crippen LogP contribution in [0.4, 0.5) is 5.69 Å². The van der Waals surface area contributed by atoms with Gasteiger partial charge in [-0.15, -0.1) is 23.5 Å². The third-order valence-electron chi connectivity index (χ3n) is 3.77. The maximum absolute atomic E-state index is 13.1. The van der Waals surface area contributed by atoms with Gasteiger partial charge in [-0.05, 0) is 48.9 Å². The zero-order valence-electron chi connectivity index (χ0n) is 14.1. The van der Waals surface area contributed by atoms with E-state index in [0.717, 1.165) is 14.9 Å². The number of hydrogen-bond acceptors (Lipinski definition) is 4. The molecule has 1 aromatic heterocycles. The van der Waals surface area contributed by atoms with Gasteiger partial charge in [0.1, 0.15) is 10.9 Å². The topological polar surface area (TPSA) is 39.2 Å². The molecule has 0 spiro atoms. The molecule has 4 nitrogen and oxygen atoms in total. The third-order valence-corrected chi connectivity index (χ3v) is 5.71. The molecule has 3 aromatic rings. The monoisotopic (exact) mass is 443 g/mol. The van der Waals surface area contributed by atoms with Crippen molar-refractivity contribution < 1.29 is 0 Å². The first-order valence-electron chi connectivity index (χ1n) is 7.58. The fourth-order valence-electron chi connectivity index (χ4n) is 2.49. The van der Waals surface area contributed by atoms with Gasteiger partial charge in [-0.2, -0.15) is 0 Å². The first-order valence-corrected chi connectivity index (χ1v) is 10.8. The molecule has 26 heavy (non-hydrogen) atoms. The molecular formula is C19H14BrN3OS2. The number of rotatable bonds is 4. The SMILES string of the molecule is [C-]#[N+]c1c(SC)nc(-c2ccc(SC)cc2)n(-c2ccc(Br)cc2)c1=O. The van der Waals surface area contributed by atoms with Crippen LogP contribution in [0.5, 0.6) is 0 Å². The first-order chi connectivity index (χ1) is 12.6. The standard InChI is InChI=1S/C19H14BrN3OS2/c1-21-16-18(26-3)22-17(12-4-10-15(25-2)11-5-12)23(19(16)24)14-8-6-13(20)7-9-14/h4-11H,2-3H3. The summed E-state index contributed by atoms with van der Waals surface area (Å²) in [5.41, 5.74) is 1.19. The second kappa shape index (κ2) is 8.12. The van der Waals surface area contributed by atoms with E-state index >= 15 is 0 Å². The fourth-order valence-corrected chi connectivity index (χ4v) is 3.67. The van der Waals surface area contributed by atoms with E-state index in [1.807, 2.05) is 61.0 Å². The highest BCUT2D eigenvalue weighted by Crippen LogP contribution is 2.29. The highest BCUT2D eigenvalue weighted by Gasteiger charge is 2.18. The Kier molecular flexibility index (Phi) is 5.87. The molecule has 0 bridgehead atoms. The Balaban J connectivity index is 2.33. The summed E-state index contributed by atoms with van der Waals surface area (Å²) in [5.74, 6) is 0.529. The van der Waals surface area contributed by atoms with E-state index in [-0.39, 0.29) is 11.2 Å². The molecule has 3 rings (SSSR count). The van der Waals surface area contributed by atoms with Crippen molar-refractivity contribution in [2.24, 2.45) is 0 Å². The van der Waals surface area contributed by atoms with E-state index in [9.17, 15) is 4.79 Å². The molecule has 0 N–H and O–H groups in total. The molecule has 0 unspecified atom stereocenters. The van der Waals surface area contributed by atoms with Crippen LogP contribution in [0.2, 0.25) is 0 Å². The van der Waals surface area contributed by atoms with Gasteiger partial charge in [0.2, 0.25) is 0 Å². The molecule has 0 radical (unpaired) electrons. The van der Waals surface area contributed by atoms with Crippen LogP contribution in [0, 0.1) is 6.57 Å². The van der Waals surface area contributed by atoms with Crippen LogP contribution in [0.25, 0.3) is 21.9 Å². The largest absolute Gasteiger partial charge is 0.282 e. The number of thioether (sulfide) groups is 2. The van der Waals surface area contributed by atoms with Crippen molar-refractivity contribution in [1.29, 1.82) is 0 Å². The van der Waals surface area contributed by atoms with Crippen LogP contribution in [0.3, 0.4) is 0 Å². The van der Waals surface area contributed by atoms with Gasteiger partial charge in [0.05, 0.1) is 6.57 Å². The number of benzene rings is 2. The maximum atomic E-state index is 13.1. The van der Waals surface area contributed by atoms with Gasteiger partial charge in [-0.25, -0.2) is 9.83 Å². The normalized spacial score (nSPS) is 10.5. The molecule has 0 fully saturated rings. The van der Waals surface area contributed by atoms with Gasteiger partial charge in [0.15, 0.2) is 0 Å². The smallest absolute Gasteiger partial charge is 0.282 e. The van der Waals surface area contributed by atoms with Crippen molar-refractivity contribution in [2.45, 2.75) is 9.92 Å². The average molecular weight is 444 g/mol. The maximum Gasteiger partial charge on any atom is 0.282 e. The number of nitrogens with zero attached hydrogens (tertiary/aromatic N) is 3. The molecule has 0 amide bonds. The van der Waals surface area contributed by atoms with Crippen LogP contribution < -0.4 is 5.56 Å². The van der Waals surface area contributed by atoms with E-state index in [0.29, 0.717) is 16.5 Å². The molecule has 2 aromatic carbocycles. The Morgan fingerprint density at radius 2 is 1.69 bits per heavy atom. The molecule has 0 aliphatic carbocycles. The molecule has 0 atom stereocenters. The van der Waals surface area contributed by atoms with Gasteiger partial charge >= 0.3 is 0 Å². The summed E-state index contributed by atoms with van der Waals surface area (Å²) in [6, 6.07) is 15.3. The lowest BCUT2D eigenvalue weighted by molar-refractivity contribution is 0.915. The van der Waals surface area contributed by atoms with E-state index < -0.39 is 0 Å². The predicted molar refractivity (Wildman–Crippen MR) is 113 cm³/mol. The Bertz CT molecular complexity index is 1040. The van der Waals surface area contributed by atoms with Crippen LogP contribution in [0.1, 0.15) is 0 Å². The third kappa shape index (κ3) is 3.58. The molecule has 7 heteroatoms. The molecule has 0 aliphatic rings. The highest BCUT2D eigenvalue weighted by molar-refractivity contribution is 9.10. The second-order valence-corrected chi connectivity index (χ2v) is 7.84. The predicted octanol–water partition coefficient (Wildman–Crippen LogP) is 5.66. The van der Waals surface area contributed by atoms with E-state index in [2.05, 4.69) is 25.8 Å².